The molecule has 1 unspecified atom stereocenters. The molecule has 0 aromatic heterocycles. The summed E-state index contributed by atoms with van der Waals surface area (Å²) in [5, 5.41) is 4.22. The lowest BCUT2D eigenvalue weighted by Gasteiger charge is -2.20. The Kier molecular flexibility index (Phi) is 4.37. The highest BCUT2D eigenvalue weighted by atomic mass is 35.5. The van der Waals surface area contributed by atoms with E-state index in [1.807, 2.05) is 26.0 Å². The van der Waals surface area contributed by atoms with Gasteiger partial charge >= 0.3 is 0 Å². The third kappa shape index (κ3) is 2.83. The molecule has 15 heavy (non-hydrogen) atoms. The van der Waals surface area contributed by atoms with Crippen molar-refractivity contribution >= 4 is 11.6 Å². The van der Waals surface area contributed by atoms with E-state index in [-0.39, 0.29) is 6.04 Å². The maximum absolute atomic E-state index is 6.29. The van der Waals surface area contributed by atoms with Gasteiger partial charge < -0.3 is 5.32 Å². The molecule has 0 saturated heterocycles. The summed E-state index contributed by atoms with van der Waals surface area (Å²) < 4.78 is 0. The summed E-state index contributed by atoms with van der Waals surface area (Å²) in [6.45, 7) is 11.0. The fourth-order valence-electron chi connectivity index (χ4n) is 1.65. The number of halogens is 1. The Morgan fingerprint density at radius 2 is 2.20 bits per heavy atom. The molecule has 1 nitrogen and oxygen atoms in total. The molecular formula is C13H18ClN. The molecule has 0 aliphatic rings. The summed E-state index contributed by atoms with van der Waals surface area (Å²) >= 11 is 6.29. The average Bonchev–Trinajstić information content (AvgIpc) is 2.19. The van der Waals surface area contributed by atoms with Crippen LogP contribution in [0.2, 0.25) is 5.02 Å². The van der Waals surface area contributed by atoms with E-state index in [0.29, 0.717) is 0 Å². The van der Waals surface area contributed by atoms with Crippen molar-refractivity contribution in [2.75, 3.05) is 6.54 Å². The molecule has 0 bridgehead atoms. The van der Waals surface area contributed by atoms with Crippen LogP contribution in [0.25, 0.3) is 0 Å². The zero-order chi connectivity index (χ0) is 11.4. The molecular weight excluding hydrogens is 206 g/mol. The van der Waals surface area contributed by atoms with Crippen LogP contribution in [0.15, 0.2) is 30.4 Å². The van der Waals surface area contributed by atoms with Crippen LogP contribution in [0.4, 0.5) is 0 Å². The van der Waals surface area contributed by atoms with Crippen LogP contribution in [0.3, 0.4) is 0 Å². The standard InChI is InChI=1S/C13H18ClN/c1-5-15-13(9(2)3)11-8-6-7-10(4)12(11)14/h6-8,13,15H,2,5H2,1,3-4H3. The molecule has 0 amide bonds. The van der Waals surface area contributed by atoms with Crippen molar-refractivity contribution in [2.45, 2.75) is 26.8 Å². The SMILES string of the molecule is C=C(C)C(NCC)c1cccc(C)c1Cl. The molecule has 0 radical (unpaired) electrons. The van der Waals surface area contributed by atoms with Gasteiger partial charge in [0.05, 0.1) is 6.04 Å². The molecule has 0 spiro atoms. The number of aryl methyl sites for hydroxylation is 1. The van der Waals surface area contributed by atoms with Crippen LogP contribution in [0, 0.1) is 6.92 Å². The first kappa shape index (κ1) is 12.3. The monoisotopic (exact) mass is 223 g/mol. The second kappa shape index (κ2) is 5.34. The van der Waals surface area contributed by atoms with Gasteiger partial charge in [-0.15, -0.1) is 0 Å². The van der Waals surface area contributed by atoms with Crippen LogP contribution >= 0.6 is 11.6 Å². The molecule has 0 fully saturated rings. The Morgan fingerprint density at radius 1 is 1.53 bits per heavy atom. The second-order valence-electron chi connectivity index (χ2n) is 3.82. The topological polar surface area (TPSA) is 12.0 Å². The van der Waals surface area contributed by atoms with Crippen LogP contribution in [0.5, 0.6) is 0 Å². The van der Waals surface area contributed by atoms with Crippen LogP contribution in [-0.2, 0) is 0 Å². The van der Waals surface area contributed by atoms with Crippen LogP contribution in [-0.4, -0.2) is 6.54 Å². The zero-order valence-corrected chi connectivity index (χ0v) is 10.4. The predicted molar refractivity (Wildman–Crippen MR) is 67.4 cm³/mol. The minimum Gasteiger partial charge on any atom is -0.307 e. The van der Waals surface area contributed by atoms with E-state index in [9.17, 15) is 0 Å². The van der Waals surface area contributed by atoms with Crippen molar-refractivity contribution in [2.24, 2.45) is 0 Å². The van der Waals surface area contributed by atoms with Gasteiger partial charge in [0, 0.05) is 5.02 Å². The van der Waals surface area contributed by atoms with Gasteiger partial charge in [0.15, 0.2) is 0 Å². The van der Waals surface area contributed by atoms with Crippen molar-refractivity contribution in [3.63, 3.8) is 0 Å². The van der Waals surface area contributed by atoms with Gasteiger partial charge in [-0.25, -0.2) is 0 Å². The van der Waals surface area contributed by atoms with E-state index >= 15 is 0 Å². The lowest BCUT2D eigenvalue weighted by atomic mass is 9.99. The Bertz CT molecular complexity index is 358. The molecule has 1 N–H and O–H groups in total. The van der Waals surface area contributed by atoms with E-state index in [1.54, 1.807) is 0 Å². The number of nitrogens with one attached hydrogen (secondary N) is 1. The number of hydrogen-bond acceptors (Lipinski definition) is 1. The third-order valence-electron chi connectivity index (χ3n) is 2.43. The van der Waals surface area contributed by atoms with Crippen LogP contribution < -0.4 is 5.32 Å². The Balaban J connectivity index is 3.11. The minimum atomic E-state index is 0.155. The maximum Gasteiger partial charge on any atom is 0.0545 e. The third-order valence-corrected chi connectivity index (χ3v) is 2.95. The van der Waals surface area contributed by atoms with E-state index in [4.69, 9.17) is 11.6 Å². The molecule has 1 rings (SSSR count). The summed E-state index contributed by atoms with van der Waals surface area (Å²) in [5.41, 5.74) is 3.31. The van der Waals surface area contributed by atoms with E-state index in [0.717, 1.165) is 28.3 Å². The quantitative estimate of drug-likeness (QED) is 0.764. The normalized spacial score (nSPS) is 12.5. The molecule has 0 aliphatic heterocycles. The first-order valence-electron chi connectivity index (χ1n) is 5.21. The number of benzene rings is 1. The van der Waals surface area contributed by atoms with Crippen molar-refractivity contribution in [3.8, 4) is 0 Å². The van der Waals surface area contributed by atoms with Gasteiger partial charge in [-0.05, 0) is 31.5 Å². The van der Waals surface area contributed by atoms with Gasteiger partial charge in [0.25, 0.3) is 0 Å². The first-order chi connectivity index (χ1) is 7.07. The maximum atomic E-state index is 6.29. The zero-order valence-electron chi connectivity index (χ0n) is 9.60. The fourth-order valence-corrected chi connectivity index (χ4v) is 1.88. The summed E-state index contributed by atoms with van der Waals surface area (Å²) in [5.74, 6) is 0. The van der Waals surface area contributed by atoms with Crippen molar-refractivity contribution in [1.82, 2.24) is 5.32 Å². The fraction of sp³-hybridized carbons (Fsp3) is 0.385. The second-order valence-corrected chi connectivity index (χ2v) is 4.19. The molecule has 1 atom stereocenters. The van der Waals surface area contributed by atoms with Gasteiger partial charge in [-0.2, -0.15) is 0 Å². The summed E-state index contributed by atoms with van der Waals surface area (Å²) in [6.07, 6.45) is 0. The smallest absolute Gasteiger partial charge is 0.0545 e. The Hall–Kier alpha value is -0.790. The van der Waals surface area contributed by atoms with Crippen molar-refractivity contribution in [3.05, 3.63) is 46.5 Å². The lowest BCUT2D eigenvalue weighted by Crippen LogP contribution is -2.22. The molecule has 2 heteroatoms. The Morgan fingerprint density at radius 3 is 2.73 bits per heavy atom. The van der Waals surface area contributed by atoms with Gasteiger partial charge in [-0.3, -0.25) is 0 Å². The van der Waals surface area contributed by atoms with Crippen LogP contribution in [0.1, 0.15) is 31.0 Å². The highest BCUT2D eigenvalue weighted by molar-refractivity contribution is 6.32. The molecule has 82 valence electrons. The van der Waals surface area contributed by atoms with Crippen molar-refractivity contribution in [1.29, 1.82) is 0 Å². The summed E-state index contributed by atoms with van der Waals surface area (Å²) in [7, 11) is 0. The van der Waals surface area contributed by atoms with Gasteiger partial charge in [-0.1, -0.05) is 48.9 Å². The highest BCUT2D eigenvalue weighted by Crippen LogP contribution is 2.29. The first-order valence-corrected chi connectivity index (χ1v) is 5.59. The van der Waals surface area contributed by atoms with Gasteiger partial charge in [0.1, 0.15) is 0 Å². The predicted octanol–water partition coefficient (Wildman–Crippen LogP) is 3.88. The number of hydrogen-bond donors (Lipinski definition) is 1. The molecule has 1 aromatic carbocycles. The summed E-state index contributed by atoms with van der Waals surface area (Å²) in [4.78, 5) is 0. The molecule has 1 aromatic rings. The molecule has 0 heterocycles. The average molecular weight is 224 g/mol. The lowest BCUT2D eigenvalue weighted by molar-refractivity contribution is 0.621. The highest BCUT2D eigenvalue weighted by Gasteiger charge is 2.14. The summed E-state index contributed by atoms with van der Waals surface area (Å²) in [6, 6.07) is 6.26. The largest absolute Gasteiger partial charge is 0.307 e. The van der Waals surface area contributed by atoms with E-state index in [1.165, 1.54) is 0 Å². The number of likely N-dealkylation sites (N-methyl/N-ethyl adjacent to an activating group) is 1. The molecule has 0 aliphatic carbocycles. The van der Waals surface area contributed by atoms with E-state index in [2.05, 4.69) is 24.9 Å². The number of rotatable bonds is 4. The molecule has 0 saturated carbocycles. The van der Waals surface area contributed by atoms with Gasteiger partial charge in [0.2, 0.25) is 0 Å². The van der Waals surface area contributed by atoms with Crippen molar-refractivity contribution < 1.29 is 0 Å². The minimum absolute atomic E-state index is 0.155. The van der Waals surface area contributed by atoms with E-state index < -0.39 is 0 Å². The Labute approximate surface area is 97.1 Å².